The van der Waals surface area contributed by atoms with Crippen LogP contribution >= 0.6 is 23.2 Å². The number of rotatable bonds is 6. The van der Waals surface area contributed by atoms with Crippen molar-refractivity contribution in [3.8, 4) is 11.5 Å². The van der Waals surface area contributed by atoms with Crippen molar-refractivity contribution in [3.63, 3.8) is 0 Å². The maximum atomic E-state index is 10.8. The van der Waals surface area contributed by atoms with E-state index in [2.05, 4.69) is 0 Å². The summed E-state index contributed by atoms with van der Waals surface area (Å²) in [6.07, 6.45) is 0. The second-order valence-electron chi connectivity index (χ2n) is 4.08. The minimum absolute atomic E-state index is 0.111. The van der Waals surface area contributed by atoms with E-state index < -0.39 is 5.97 Å². The second kappa shape index (κ2) is 7.20. The Morgan fingerprint density at radius 1 is 0.952 bits per heavy atom. The zero-order valence-electron chi connectivity index (χ0n) is 10.9. The predicted molar refractivity (Wildman–Crippen MR) is 80.9 cm³/mol. The number of carbonyl (C=O) groups is 1. The molecular weight excluding hydrogens is 315 g/mol. The number of hydrogen-bond donors (Lipinski definition) is 1. The van der Waals surface area contributed by atoms with Crippen molar-refractivity contribution in [1.82, 2.24) is 0 Å². The smallest absolute Gasteiger partial charge is 0.335 e. The lowest BCUT2D eigenvalue weighted by atomic mass is 10.2. The third kappa shape index (κ3) is 4.28. The van der Waals surface area contributed by atoms with Crippen molar-refractivity contribution < 1.29 is 19.4 Å². The fraction of sp³-hybridized carbons (Fsp3) is 0.133. The first kappa shape index (κ1) is 15.5. The van der Waals surface area contributed by atoms with E-state index in [1.54, 1.807) is 12.1 Å². The average molecular weight is 327 g/mol. The number of carboxylic acids is 1. The molecule has 0 aliphatic carbocycles. The van der Waals surface area contributed by atoms with Gasteiger partial charge in [-0.25, -0.2) is 4.79 Å². The first-order chi connectivity index (χ1) is 10.1. The van der Waals surface area contributed by atoms with Gasteiger partial charge in [-0.05, 0) is 30.3 Å². The number of hydrogen-bond acceptors (Lipinski definition) is 3. The van der Waals surface area contributed by atoms with E-state index in [0.717, 1.165) is 0 Å². The van der Waals surface area contributed by atoms with Gasteiger partial charge in [0.2, 0.25) is 0 Å². The molecule has 0 saturated heterocycles. The molecule has 0 aromatic heterocycles. The largest absolute Gasteiger partial charge is 0.488 e. The van der Waals surface area contributed by atoms with Crippen LogP contribution in [0.3, 0.4) is 0 Å². The van der Waals surface area contributed by atoms with E-state index in [9.17, 15) is 4.79 Å². The lowest BCUT2D eigenvalue weighted by Crippen LogP contribution is -2.09. The molecule has 0 heterocycles. The van der Waals surface area contributed by atoms with Gasteiger partial charge >= 0.3 is 5.97 Å². The highest BCUT2D eigenvalue weighted by Gasteiger charge is 2.08. The molecule has 2 rings (SSSR count). The zero-order chi connectivity index (χ0) is 15.2. The summed E-state index contributed by atoms with van der Waals surface area (Å²) in [5.74, 6) is -0.0509. The van der Waals surface area contributed by atoms with E-state index in [-0.39, 0.29) is 17.2 Å². The van der Waals surface area contributed by atoms with E-state index in [1.165, 1.54) is 18.2 Å². The second-order valence-corrected chi connectivity index (χ2v) is 4.89. The van der Waals surface area contributed by atoms with Crippen LogP contribution in [0.15, 0.2) is 42.5 Å². The molecule has 0 radical (unpaired) electrons. The van der Waals surface area contributed by atoms with Crippen LogP contribution in [0.5, 0.6) is 11.5 Å². The Morgan fingerprint density at radius 3 is 2.14 bits per heavy atom. The molecule has 2 aromatic rings. The maximum absolute atomic E-state index is 10.8. The van der Waals surface area contributed by atoms with Crippen molar-refractivity contribution >= 4 is 29.2 Å². The number of ether oxygens (including phenoxy) is 2. The molecule has 1 N–H and O–H groups in total. The summed E-state index contributed by atoms with van der Waals surface area (Å²) in [6, 6.07) is 11.4. The SMILES string of the molecule is O=C(O)c1ccc(OCCOc2ccccc2Cl)c(Cl)c1. The van der Waals surface area contributed by atoms with Crippen molar-refractivity contribution in [1.29, 1.82) is 0 Å². The van der Waals surface area contributed by atoms with Crippen molar-refractivity contribution in [3.05, 3.63) is 58.1 Å². The van der Waals surface area contributed by atoms with Crippen LogP contribution in [-0.4, -0.2) is 24.3 Å². The number of aromatic carboxylic acids is 1. The molecule has 0 unspecified atom stereocenters. The zero-order valence-corrected chi connectivity index (χ0v) is 12.4. The Hall–Kier alpha value is -1.91. The Morgan fingerprint density at radius 2 is 1.57 bits per heavy atom. The Kier molecular flexibility index (Phi) is 5.31. The summed E-state index contributed by atoms with van der Waals surface area (Å²) < 4.78 is 10.9. The van der Waals surface area contributed by atoms with Crippen LogP contribution in [0, 0.1) is 0 Å². The van der Waals surface area contributed by atoms with Crippen LogP contribution in [0.4, 0.5) is 0 Å². The van der Waals surface area contributed by atoms with Crippen LogP contribution in [0.25, 0.3) is 0 Å². The first-order valence-corrected chi connectivity index (χ1v) is 6.86. The fourth-order valence-corrected chi connectivity index (χ4v) is 2.04. The van der Waals surface area contributed by atoms with E-state index in [0.29, 0.717) is 23.1 Å². The number of halogens is 2. The molecule has 0 bridgehead atoms. The summed E-state index contributed by atoms with van der Waals surface area (Å²) in [4.78, 5) is 10.8. The number of carboxylic acid groups (broad SMARTS) is 1. The minimum Gasteiger partial charge on any atom is -0.488 e. The molecule has 21 heavy (non-hydrogen) atoms. The van der Waals surface area contributed by atoms with Crippen LogP contribution in [-0.2, 0) is 0 Å². The predicted octanol–water partition coefficient (Wildman–Crippen LogP) is 4.15. The maximum Gasteiger partial charge on any atom is 0.335 e. The van der Waals surface area contributed by atoms with Gasteiger partial charge in [-0.1, -0.05) is 35.3 Å². The van der Waals surface area contributed by atoms with Crippen molar-refractivity contribution in [2.45, 2.75) is 0 Å². The Balaban J connectivity index is 1.87. The quantitative estimate of drug-likeness (QED) is 0.810. The summed E-state index contributed by atoms with van der Waals surface area (Å²) in [6.45, 7) is 0.554. The number of benzene rings is 2. The topological polar surface area (TPSA) is 55.8 Å². The van der Waals surface area contributed by atoms with Gasteiger partial charge in [0.05, 0.1) is 15.6 Å². The van der Waals surface area contributed by atoms with Gasteiger partial charge in [0.1, 0.15) is 24.7 Å². The molecule has 0 aliphatic heterocycles. The lowest BCUT2D eigenvalue weighted by molar-refractivity contribution is 0.0697. The van der Waals surface area contributed by atoms with Gasteiger partial charge in [-0.2, -0.15) is 0 Å². The van der Waals surface area contributed by atoms with E-state index in [1.807, 2.05) is 12.1 Å². The van der Waals surface area contributed by atoms with E-state index in [4.69, 9.17) is 37.8 Å². The molecule has 6 heteroatoms. The van der Waals surface area contributed by atoms with Crippen molar-refractivity contribution in [2.24, 2.45) is 0 Å². The first-order valence-electron chi connectivity index (χ1n) is 6.11. The molecule has 0 saturated carbocycles. The Bertz CT molecular complexity index is 643. The van der Waals surface area contributed by atoms with Gasteiger partial charge < -0.3 is 14.6 Å². The molecule has 2 aromatic carbocycles. The Labute approximate surface area is 131 Å². The van der Waals surface area contributed by atoms with Gasteiger partial charge in [-0.3, -0.25) is 0 Å². The third-order valence-electron chi connectivity index (χ3n) is 2.61. The summed E-state index contributed by atoms with van der Waals surface area (Å²) in [7, 11) is 0. The van der Waals surface area contributed by atoms with Gasteiger partial charge in [-0.15, -0.1) is 0 Å². The fourth-order valence-electron chi connectivity index (χ4n) is 1.62. The minimum atomic E-state index is -1.04. The van der Waals surface area contributed by atoms with Crippen molar-refractivity contribution in [2.75, 3.05) is 13.2 Å². The van der Waals surface area contributed by atoms with Crippen LogP contribution in [0.1, 0.15) is 10.4 Å². The molecule has 0 spiro atoms. The molecule has 0 aliphatic rings. The molecular formula is C15H12Cl2O4. The third-order valence-corrected chi connectivity index (χ3v) is 3.22. The van der Waals surface area contributed by atoms with Crippen LogP contribution in [0.2, 0.25) is 10.0 Å². The van der Waals surface area contributed by atoms with Crippen LogP contribution < -0.4 is 9.47 Å². The summed E-state index contributed by atoms with van der Waals surface area (Å²) >= 11 is 11.9. The highest BCUT2D eigenvalue weighted by molar-refractivity contribution is 6.32. The summed E-state index contributed by atoms with van der Waals surface area (Å²) in [5, 5.41) is 9.61. The molecule has 110 valence electrons. The molecule has 0 fully saturated rings. The molecule has 4 nitrogen and oxygen atoms in total. The standard InChI is InChI=1S/C15H12Cl2O4/c16-11-3-1-2-4-13(11)20-7-8-21-14-6-5-10(15(18)19)9-12(14)17/h1-6,9H,7-8H2,(H,18,19). The monoisotopic (exact) mass is 326 g/mol. The van der Waals surface area contributed by atoms with Gasteiger partial charge in [0.15, 0.2) is 0 Å². The number of para-hydroxylation sites is 1. The summed E-state index contributed by atoms with van der Waals surface area (Å²) in [5.41, 5.74) is 0.111. The van der Waals surface area contributed by atoms with Gasteiger partial charge in [0.25, 0.3) is 0 Å². The molecule has 0 atom stereocenters. The van der Waals surface area contributed by atoms with Gasteiger partial charge in [0, 0.05) is 0 Å². The normalized spacial score (nSPS) is 10.2. The van der Waals surface area contributed by atoms with E-state index >= 15 is 0 Å². The highest BCUT2D eigenvalue weighted by Crippen LogP contribution is 2.26. The molecule has 0 amide bonds. The highest BCUT2D eigenvalue weighted by atomic mass is 35.5. The lowest BCUT2D eigenvalue weighted by Gasteiger charge is -2.10. The average Bonchev–Trinajstić information content (AvgIpc) is 2.46.